The number of piperidine rings is 1. The summed E-state index contributed by atoms with van der Waals surface area (Å²) in [5, 5.41) is 8.40. The lowest BCUT2D eigenvalue weighted by Crippen LogP contribution is -2.47. The van der Waals surface area contributed by atoms with E-state index in [1.165, 1.54) is 6.92 Å². The first-order valence-corrected chi connectivity index (χ1v) is 17.6. The lowest BCUT2D eigenvalue weighted by atomic mass is 9.97. The fraction of sp³-hybridized carbons (Fsp3) is 0.472. The summed E-state index contributed by atoms with van der Waals surface area (Å²) in [6.45, 7) is 8.65. The van der Waals surface area contributed by atoms with Gasteiger partial charge in [-0.25, -0.2) is 15.0 Å². The quantitative estimate of drug-likeness (QED) is 0.0923. The number of unbranched alkanes of at least 4 members (excludes halogenated alkanes) is 3. The smallest absolute Gasteiger partial charge is 0.248 e. The number of carbonyl (C=O) groups is 3. The number of Topliss-reactive ketones (excluding diaryl/α,β-unsaturated/α-hetero) is 1. The molecule has 3 atom stereocenters. The zero-order valence-corrected chi connectivity index (χ0v) is 29.5. The number of anilines is 1. The van der Waals surface area contributed by atoms with E-state index in [9.17, 15) is 14.4 Å². The van der Waals surface area contributed by atoms with Gasteiger partial charge in [0.2, 0.25) is 11.8 Å². The number of carbonyl (C=O) groups excluding carboxylic acids is 3. The Labute approximate surface area is 289 Å². The number of pyridine rings is 1. The monoisotopic (exact) mass is 715 g/mol. The van der Waals surface area contributed by atoms with Crippen molar-refractivity contribution in [2.75, 3.05) is 18.5 Å². The Hall–Kier alpha value is -4.03. The third kappa shape index (κ3) is 7.34. The number of ketones is 1. The van der Waals surface area contributed by atoms with E-state index in [2.05, 4.69) is 42.3 Å². The molecule has 2 fully saturated rings. The van der Waals surface area contributed by atoms with Gasteiger partial charge in [-0.05, 0) is 110 Å². The van der Waals surface area contributed by atoms with Crippen LogP contribution in [0.15, 0.2) is 41.3 Å². The van der Waals surface area contributed by atoms with Crippen molar-refractivity contribution in [3.8, 4) is 11.1 Å². The standard InChI is InChI=1S/C36H42BrN7O4/c1-5-48-13-9-7-6-8-10-24-14-25(27-18-38-23(4)39-19-27)15-28-33(22(3)45)42-43(34(24)28)20-32(46)44-29-16-26(29)17-30(44)36(47)41-35-21(2)11-12-31(37)40-35/h11-12,14-15,18-19,26,29-30H,5-10,13,16-17,20H2,1-4H3,(H,40,41,47)/t26-,29-,30+/m1/s1. The largest absolute Gasteiger partial charge is 0.382 e. The number of hydrogen-bond acceptors (Lipinski definition) is 8. The molecule has 0 bridgehead atoms. The topological polar surface area (TPSA) is 132 Å². The summed E-state index contributed by atoms with van der Waals surface area (Å²) in [5.74, 6) is 0.857. The lowest BCUT2D eigenvalue weighted by Gasteiger charge is -2.27. The number of aryl methyl sites for hydroxylation is 3. The summed E-state index contributed by atoms with van der Waals surface area (Å²) in [6.07, 6.45) is 9.86. The second-order valence-corrected chi connectivity index (χ2v) is 13.7. The van der Waals surface area contributed by atoms with E-state index in [1.807, 2.05) is 39.0 Å². The molecule has 0 spiro atoms. The highest BCUT2D eigenvalue weighted by atomic mass is 79.9. The van der Waals surface area contributed by atoms with Crippen LogP contribution in [-0.4, -0.2) is 72.5 Å². The van der Waals surface area contributed by atoms with Gasteiger partial charge in [0.25, 0.3) is 0 Å². The van der Waals surface area contributed by atoms with Gasteiger partial charge in [0.15, 0.2) is 5.78 Å². The minimum Gasteiger partial charge on any atom is -0.382 e. The normalized spacial score (nSPS) is 18.3. The molecule has 12 heteroatoms. The van der Waals surface area contributed by atoms with Crippen LogP contribution >= 0.6 is 15.9 Å². The molecule has 3 aromatic heterocycles. The van der Waals surface area contributed by atoms with Gasteiger partial charge in [0.05, 0.1) is 5.52 Å². The Bertz CT molecular complexity index is 1840. The summed E-state index contributed by atoms with van der Waals surface area (Å²) in [4.78, 5) is 55.6. The number of benzene rings is 1. The van der Waals surface area contributed by atoms with Gasteiger partial charge in [-0.3, -0.25) is 19.1 Å². The third-order valence-corrected chi connectivity index (χ3v) is 9.79. The summed E-state index contributed by atoms with van der Waals surface area (Å²) in [6, 6.07) is 7.20. The Kier molecular flexibility index (Phi) is 10.3. The van der Waals surface area contributed by atoms with Crippen molar-refractivity contribution < 1.29 is 19.1 Å². The molecule has 2 aliphatic rings. The molecule has 4 aromatic rings. The predicted molar refractivity (Wildman–Crippen MR) is 187 cm³/mol. The third-order valence-electron chi connectivity index (χ3n) is 9.34. The first-order valence-electron chi connectivity index (χ1n) is 16.8. The van der Waals surface area contributed by atoms with E-state index in [0.29, 0.717) is 39.7 Å². The minimum absolute atomic E-state index is 0.0308. The summed E-state index contributed by atoms with van der Waals surface area (Å²) >= 11 is 3.38. The summed E-state index contributed by atoms with van der Waals surface area (Å²) < 4.78 is 7.80. The molecule has 2 amide bonds. The average molecular weight is 717 g/mol. The van der Waals surface area contributed by atoms with E-state index >= 15 is 0 Å². The number of aromatic nitrogens is 5. The second-order valence-electron chi connectivity index (χ2n) is 12.9. The maximum absolute atomic E-state index is 14.1. The number of likely N-dealkylation sites (tertiary alicyclic amines) is 1. The van der Waals surface area contributed by atoms with Crippen LogP contribution in [0.25, 0.3) is 22.0 Å². The molecular weight excluding hydrogens is 674 g/mol. The number of amides is 2. The Morgan fingerprint density at radius 3 is 2.54 bits per heavy atom. The van der Waals surface area contributed by atoms with E-state index < -0.39 is 6.04 Å². The number of hydrogen-bond donors (Lipinski definition) is 1. The van der Waals surface area contributed by atoms with Crippen LogP contribution in [0.1, 0.15) is 79.8 Å². The summed E-state index contributed by atoms with van der Waals surface area (Å²) in [5.41, 5.74) is 4.70. The highest BCUT2D eigenvalue weighted by Crippen LogP contribution is 2.48. The van der Waals surface area contributed by atoms with Crippen molar-refractivity contribution in [1.29, 1.82) is 0 Å². The van der Waals surface area contributed by atoms with Gasteiger partial charge in [-0.2, -0.15) is 5.10 Å². The number of halogens is 1. The number of nitrogens with zero attached hydrogens (tertiary/aromatic N) is 6. The van der Waals surface area contributed by atoms with Crippen molar-refractivity contribution in [3.63, 3.8) is 0 Å². The van der Waals surface area contributed by atoms with Crippen LogP contribution in [0, 0.1) is 19.8 Å². The zero-order chi connectivity index (χ0) is 33.9. The average Bonchev–Trinajstić information content (AvgIpc) is 3.56. The van der Waals surface area contributed by atoms with Gasteiger partial charge < -0.3 is 15.0 Å². The van der Waals surface area contributed by atoms with Crippen LogP contribution in [0.5, 0.6) is 0 Å². The molecule has 252 valence electrons. The summed E-state index contributed by atoms with van der Waals surface area (Å²) in [7, 11) is 0. The first kappa shape index (κ1) is 33.9. The molecule has 4 heterocycles. The van der Waals surface area contributed by atoms with Crippen LogP contribution in [0.2, 0.25) is 0 Å². The van der Waals surface area contributed by atoms with Crippen LogP contribution in [0.3, 0.4) is 0 Å². The lowest BCUT2D eigenvalue weighted by molar-refractivity contribution is -0.138. The van der Waals surface area contributed by atoms with Crippen molar-refractivity contribution >= 4 is 50.2 Å². The molecule has 1 aliphatic heterocycles. The maximum atomic E-state index is 14.1. The van der Waals surface area contributed by atoms with Crippen LogP contribution < -0.4 is 5.32 Å². The molecule has 11 nitrogen and oxygen atoms in total. The fourth-order valence-corrected chi connectivity index (χ4v) is 7.10. The molecule has 0 unspecified atom stereocenters. The second kappa shape index (κ2) is 14.6. The van der Waals surface area contributed by atoms with Crippen molar-refractivity contribution in [1.82, 2.24) is 29.6 Å². The molecule has 1 saturated heterocycles. The molecule has 1 N–H and O–H groups in total. The molecular formula is C36H42BrN7O4. The molecule has 1 aliphatic carbocycles. The Balaban J connectivity index is 1.30. The van der Waals surface area contributed by atoms with Gasteiger partial charge in [0, 0.05) is 49.5 Å². The molecule has 1 aromatic carbocycles. The minimum atomic E-state index is -0.597. The van der Waals surface area contributed by atoms with E-state index in [1.54, 1.807) is 22.0 Å². The Morgan fingerprint density at radius 1 is 1.02 bits per heavy atom. The maximum Gasteiger partial charge on any atom is 0.248 e. The van der Waals surface area contributed by atoms with Gasteiger partial charge in [-0.1, -0.05) is 18.9 Å². The molecule has 6 rings (SSSR count). The van der Waals surface area contributed by atoms with Crippen molar-refractivity contribution in [3.05, 3.63) is 63.9 Å². The molecule has 1 saturated carbocycles. The van der Waals surface area contributed by atoms with Crippen molar-refractivity contribution in [2.24, 2.45) is 5.92 Å². The Morgan fingerprint density at radius 2 is 1.79 bits per heavy atom. The number of rotatable bonds is 14. The van der Waals surface area contributed by atoms with Crippen molar-refractivity contribution in [2.45, 2.75) is 91.3 Å². The van der Waals surface area contributed by atoms with E-state index in [4.69, 9.17) is 9.84 Å². The number of fused-ring (bicyclic) bond motifs is 2. The zero-order valence-electron chi connectivity index (χ0n) is 28.0. The molecule has 0 radical (unpaired) electrons. The van der Waals surface area contributed by atoms with Gasteiger partial charge in [-0.15, -0.1) is 0 Å². The SMILES string of the molecule is CCOCCCCCCc1cc(-c2cnc(C)nc2)cc2c(C(C)=O)nn(CC(=O)N3[C@@H]4C[C@@H]4C[C@H]3C(=O)Nc3nc(Br)ccc3C)c12. The van der Waals surface area contributed by atoms with Gasteiger partial charge >= 0.3 is 0 Å². The fourth-order valence-electron chi connectivity index (χ4n) is 6.79. The van der Waals surface area contributed by atoms with Gasteiger partial charge in [0.1, 0.15) is 34.5 Å². The van der Waals surface area contributed by atoms with E-state index in [0.717, 1.165) is 79.5 Å². The predicted octanol–water partition coefficient (Wildman–Crippen LogP) is 6.24. The first-order chi connectivity index (χ1) is 23.1. The number of nitrogens with one attached hydrogen (secondary N) is 1. The molecule has 48 heavy (non-hydrogen) atoms. The highest BCUT2D eigenvalue weighted by molar-refractivity contribution is 9.10. The van der Waals surface area contributed by atoms with Crippen LogP contribution in [0.4, 0.5) is 5.82 Å². The van der Waals surface area contributed by atoms with Crippen LogP contribution in [-0.2, 0) is 27.3 Å². The van der Waals surface area contributed by atoms with E-state index in [-0.39, 0.29) is 30.2 Å². The number of ether oxygens (including phenoxy) is 1. The highest BCUT2D eigenvalue weighted by Gasteiger charge is 2.56.